The van der Waals surface area contributed by atoms with Crippen molar-refractivity contribution in [2.75, 3.05) is 0 Å². The predicted octanol–water partition coefficient (Wildman–Crippen LogP) is 4.65. The Morgan fingerprint density at radius 3 is 1.28 bits per heavy atom. The normalized spacial score (nSPS) is 14.0. The van der Waals surface area contributed by atoms with E-state index in [2.05, 4.69) is 0 Å². The average Bonchev–Trinajstić information content (AvgIpc) is 2.89. The third-order valence-corrected chi connectivity index (χ3v) is 6.42. The van der Waals surface area contributed by atoms with E-state index in [1.807, 2.05) is 0 Å². The number of ketones is 2. The summed E-state index contributed by atoms with van der Waals surface area (Å²) in [5.74, 6) is -1.51. The van der Waals surface area contributed by atoms with Crippen molar-refractivity contribution in [3.8, 4) is 23.0 Å². The molecule has 0 saturated carbocycles. The molecule has 2 aliphatic carbocycles. The summed E-state index contributed by atoms with van der Waals surface area (Å²) < 4.78 is 0. The maximum absolute atomic E-state index is 12.2. The number of aromatic hydroxyl groups is 4. The van der Waals surface area contributed by atoms with Gasteiger partial charge in [-0.3, -0.25) is 9.59 Å². The molecule has 4 aromatic carbocycles. The van der Waals surface area contributed by atoms with Gasteiger partial charge in [-0.05, 0) is 25.0 Å². The Labute approximate surface area is 204 Å². The molecule has 6 rings (SSSR count). The zero-order valence-electron chi connectivity index (χ0n) is 18.8. The van der Waals surface area contributed by atoms with Gasteiger partial charge in [0, 0.05) is 33.3 Å². The molecule has 0 spiro atoms. The lowest BCUT2D eigenvalue weighted by Crippen LogP contribution is -2.20. The number of phenolic OH excluding ortho intramolecular Hbond substituents is 4. The predicted molar refractivity (Wildman–Crippen MR) is 133 cm³/mol. The van der Waals surface area contributed by atoms with E-state index in [-0.39, 0.29) is 56.7 Å². The van der Waals surface area contributed by atoms with Crippen LogP contribution >= 0.6 is 0 Å². The summed E-state index contributed by atoms with van der Waals surface area (Å²) >= 11 is 0. The quantitative estimate of drug-likeness (QED) is 0.177. The number of hydrogen-bond donors (Lipinski definition) is 6. The average molecular weight is 480 g/mol. The van der Waals surface area contributed by atoms with Crippen molar-refractivity contribution in [3.63, 3.8) is 0 Å². The summed E-state index contributed by atoms with van der Waals surface area (Å²) in [7, 11) is 0. The SMILES string of the molecule is N=C1CCC(=N)c2c1c(O)c1ccccc1c2O.O=C1c2ccccc2C(=O)c2c(O)ccc(O)c21. The molecular weight excluding hydrogens is 460 g/mol. The van der Waals surface area contributed by atoms with E-state index in [1.54, 1.807) is 36.4 Å². The van der Waals surface area contributed by atoms with Crippen molar-refractivity contribution in [1.29, 1.82) is 10.8 Å². The fourth-order valence-electron chi connectivity index (χ4n) is 4.68. The minimum absolute atomic E-state index is 0.00662. The highest BCUT2D eigenvalue weighted by molar-refractivity contribution is 6.30. The van der Waals surface area contributed by atoms with E-state index in [0.29, 0.717) is 34.7 Å². The van der Waals surface area contributed by atoms with E-state index >= 15 is 0 Å². The number of nitrogens with one attached hydrogen (secondary N) is 2. The van der Waals surface area contributed by atoms with Gasteiger partial charge in [0.2, 0.25) is 0 Å². The van der Waals surface area contributed by atoms with Crippen LogP contribution in [-0.2, 0) is 0 Å². The maximum Gasteiger partial charge on any atom is 0.198 e. The summed E-state index contributed by atoms with van der Waals surface area (Å²) in [4.78, 5) is 24.4. The van der Waals surface area contributed by atoms with Crippen molar-refractivity contribution in [2.45, 2.75) is 12.8 Å². The Morgan fingerprint density at radius 2 is 0.889 bits per heavy atom. The topological polar surface area (TPSA) is 163 Å². The molecular formula is C28H20N2O6. The maximum atomic E-state index is 12.2. The second-order valence-electron chi connectivity index (χ2n) is 8.51. The van der Waals surface area contributed by atoms with Crippen LogP contribution in [0.5, 0.6) is 23.0 Å². The van der Waals surface area contributed by atoms with Crippen LogP contribution in [0.15, 0.2) is 60.7 Å². The third kappa shape index (κ3) is 3.31. The monoisotopic (exact) mass is 480 g/mol. The lowest BCUT2D eigenvalue weighted by atomic mass is 9.83. The van der Waals surface area contributed by atoms with Crippen molar-refractivity contribution in [2.24, 2.45) is 0 Å². The highest BCUT2D eigenvalue weighted by Gasteiger charge is 2.34. The van der Waals surface area contributed by atoms with Crippen LogP contribution in [0.4, 0.5) is 0 Å². The van der Waals surface area contributed by atoms with Gasteiger partial charge >= 0.3 is 0 Å². The van der Waals surface area contributed by atoms with Crippen LogP contribution in [0.2, 0.25) is 0 Å². The number of benzene rings is 4. The Balaban J connectivity index is 0.000000148. The van der Waals surface area contributed by atoms with Crippen molar-refractivity contribution >= 4 is 33.8 Å². The number of rotatable bonds is 0. The molecule has 0 fully saturated rings. The van der Waals surface area contributed by atoms with Crippen molar-refractivity contribution in [1.82, 2.24) is 0 Å². The van der Waals surface area contributed by atoms with Gasteiger partial charge in [0.15, 0.2) is 11.6 Å². The fraction of sp³-hybridized carbons (Fsp3) is 0.0714. The summed E-state index contributed by atoms with van der Waals surface area (Å²) in [6.07, 6.45) is 0.856. The molecule has 0 aliphatic heterocycles. The third-order valence-electron chi connectivity index (χ3n) is 6.42. The smallest absolute Gasteiger partial charge is 0.198 e. The molecule has 36 heavy (non-hydrogen) atoms. The first kappa shape index (κ1) is 22.8. The summed E-state index contributed by atoms with van der Waals surface area (Å²) in [6.45, 7) is 0. The molecule has 0 unspecified atom stereocenters. The second-order valence-corrected chi connectivity index (χ2v) is 8.51. The molecule has 2 aliphatic rings. The van der Waals surface area contributed by atoms with Gasteiger partial charge in [-0.1, -0.05) is 48.5 Å². The zero-order valence-corrected chi connectivity index (χ0v) is 18.8. The van der Waals surface area contributed by atoms with Gasteiger partial charge in [-0.2, -0.15) is 0 Å². The first-order valence-corrected chi connectivity index (χ1v) is 11.1. The Bertz CT molecular complexity index is 1530. The van der Waals surface area contributed by atoms with Gasteiger partial charge < -0.3 is 31.2 Å². The second kappa shape index (κ2) is 8.35. The molecule has 8 nitrogen and oxygen atoms in total. The standard InChI is InChI=1S/C14H12N2O2.C14H8O4/c2*15-9-5-6-10(16)12-11(9)13(17)7-3-1-2-4-8(7)14(12)18/h1-4,15-18H,5-6H2;1-6,15-16H. The van der Waals surface area contributed by atoms with Crippen LogP contribution in [0, 0.1) is 10.8 Å². The van der Waals surface area contributed by atoms with Crippen molar-refractivity contribution < 1.29 is 30.0 Å². The largest absolute Gasteiger partial charge is 0.507 e. The van der Waals surface area contributed by atoms with Crippen LogP contribution in [0.3, 0.4) is 0 Å². The Hall–Kier alpha value is -4.98. The molecule has 0 saturated heterocycles. The lowest BCUT2D eigenvalue weighted by Gasteiger charge is -2.21. The first-order chi connectivity index (χ1) is 17.2. The highest BCUT2D eigenvalue weighted by atomic mass is 16.3. The van der Waals surface area contributed by atoms with Crippen LogP contribution in [0.25, 0.3) is 10.8 Å². The van der Waals surface area contributed by atoms with E-state index < -0.39 is 11.6 Å². The Kier molecular flexibility index (Phi) is 5.29. The first-order valence-electron chi connectivity index (χ1n) is 11.1. The lowest BCUT2D eigenvalue weighted by molar-refractivity contribution is 0.0974. The fourth-order valence-corrected chi connectivity index (χ4v) is 4.68. The van der Waals surface area contributed by atoms with Crippen LogP contribution < -0.4 is 0 Å². The summed E-state index contributed by atoms with van der Waals surface area (Å²) in [5.41, 5.74) is 1.41. The van der Waals surface area contributed by atoms with Gasteiger partial charge in [0.25, 0.3) is 0 Å². The highest BCUT2D eigenvalue weighted by Crippen LogP contribution is 2.42. The summed E-state index contributed by atoms with van der Waals surface area (Å²) in [6, 6.07) is 15.7. The molecule has 6 N–H and O–H groups in total. The number of phenols is 4. The molecule has 0 aromatic heterocycles. The van der Waals surface area contributed by atoms with Gasteiger partial charge in [0.1, 0.15) is 23.0 Å². The van der Waals surface area contributed by atoms with Gasteiger partial charge in [0.05, 0.1) is 22.3 Å². The number of fused-ring (bicyclic) bond motifs is 4. The minimum atomic E-state index is -0.450. The summed E-state index contributed by atoms with van der Waals surface area (Å²) in [5, 5.41) is 56.8. The van der Waals surface area contributed by atoms with Crippen molar-refractivity contribution in [3.05, 3.63) is 94.0 Å². The number of hydrogen-bond acceptors (Lipinski definition) is 8. The zero-order chi connectivity index (χ0) is 25.7. The molecule has 0 atom stereocenters. The van der Waals surface area contributed by atoms with E-state index in [1.165, 1.54) is 24.3 Å². The number of carbonyl (C=O) groups is 2. The molecule has 4 aromatic rings. The van der Waals surface area contributed by atoms with Crippen LogP contribution in [0.1, 0.15) is 55.8 Å². The van der Waals surface area contributed by atoms with Gasteiger partial charge in [-0.15, -0.1) is 0 Å². The molecule has 0 radical (unpaired) electrons. The molecule has 0 bridgehead atoms. The minimum Gasteiger partial charge on any atom is -0.507 e. The van der Waals surface area contributed by atoms with Crippen LogP contribution in [-0.4, -0.2) is 43.4 Å². The molecule has 8 heteroatoms. The van der Waals surface area contributed by atoms with E-state index in [4.69, 9.17) is 10.8 Å². The van der Waals surface area contributed by atoms with E-state index in [9.17, 15) is 30.0 Å². The molecule has 178 valence electrons. The molecule has 0 heterocycles. The Morgan fingerprint density at radius 1 is 0.528 bits per heavy atom. The number of carbonyl (C=O) groups excluding carboxylic acids is 2. The van der Waals surface area contributed by atoms with Gasteiger partial charge in [-0.25, -0.2) is 0 Å². The van der Waals surface area contributed by atoms with E-state index in [0.717, 1.165) is 0 Å². The molecule has 0 amide bonds.